The molecule has 5 atom stereocenters. The van der Waals surface area contributed by atoms with Crippen molar-refractivity contribution in [1.82, 2.24) is 36.8 Å². The number of ether oxygens (including phenoxy) is 2. The van der Waals surface area contributed by atoms with Crippen LogP contribution in [0.1, 0.15) is 135 Å². The van der Waals surface area contributed by atoms with Gasteiger partial charge >= 0.3 is 17.9 Å². The number of primary amides is 1. The number of carboxylic acid groups (broad SMARTS) is 3. The molecular formula is C48H86N8O18. The number of carboxylic acids is 3. The highest BCUT2D eigenvalue weighted by atomic mass is 16.5. The molecule has 26 nitrogen and oxygen atoms in total. The van der Waals surface area contributed by atoms with E-state index in [0.717, 1.165) is 56.3 Å². The smallest absolute Gasteiger partial charge is 0.317 e. The third-order valence-electron chi connectivity index (χ3n) is 11.5. The number of aliphatic hydroxyl groups is 3. The van der Waals surface area contributed by atoms with Gasteiger partial charge in [0.05, 0.1) is 58.6 Å². The summed E-state index contributed by atoms with van der Waals surface area (Å²) in [4.78, 5) is 122. The van der Waals surface area contributed by atoms with Gasteiger partial charge in [-0.2, -0.15) is 0 Å². The molecule has 0 bridgehead atoms. The van der Waals surface area contributed by atoms with E-state index in [9.17, 15) is 63.3 Å². The van der Waals surface area contributed by atoms with E-state index in [2.05, 4.69) is 31.9 Å². The molecule has 14 N–H and O–H groups in total. The number of amides is 7. The zero-order valence-electron chi connectivity index (χ0n) is 43.1. The normalized spacial score (nSPS) is 13.1. The second-order valence-electron chi connectivity index (χ2n) is 18.1. The molecular weight excluding hydrogens is 977 g/mol. The van der Waals surface area contributed by atoms with Crippen molar-refractivity contribution in [3.63, 3.8) is 0 Å². The molecule has 26 heteroatoms. The van der Waals surface area contributed by atoms with E-state index in [-0.39, 0.29) is 77.5 Å². The van der Waals surface area contributed by atoms with E-state index in [1.807, 2.05) is 0 Å². The molecule has 0 fully saturated rings. The van der Waals surface area contributed by atoms with E-state index in [0.29, 0.717) is 25.8 Å². The van der Waals surface area contributed by atoms with Gasteiger partial charge in [0, 0.05) is 25.9 Å². The summed E-state index contributed by atoms with van der Waals surface area (Å²) in [5, 5.41) is 70.8. The Morgan fingerprint density at radius 2 is 0.905 bits per heavy atom. The van der Waals surface area contributed by atoms with Crippen LogP contribution in [0.15, 0.2) is 0 Å². The topological polar surface area (TPSA) is 412 Å². The summed E-state index contributed by atoms with van der Waals surface area (Å²) in [6, 6.07) is -5.97. The van der Waals surface area contributed by atoms with Crippen molar-refractivity contribution >= 4 is 59.3 Å². The number of carbonyl (C=O) groups is 10. The van der Waals surface area contributed by atoms with Gasteiger partial charge in [0.1, 0.15) is 30.8 Å². The number of aliphatic hydroxyl groups excluding tert-OH is 3. The lowest BCUT2D eigenvalue weighted by atomic mass is 10.0. The molecule has 0 radical (unpaired) electrons. The van der Waals surface area contributed by atoms with Crippen molar-refractivity contribution in [2.75, 3.05) is 79.0 Å². The van der Waals surface area contributed by atoms with E-state index >= 15 is 0 Å². The van der Waals surface area contributed by atoms with Gasteiger partial charge in [-0.05, 0) is 57.9 Å². The quantitative estimate of drug-likeness (QED) is 0.0313. The van der Waals surface area contributed by atoms with Crippen molar-refractivity contribution in [3.8, 4) is 0 Å². The fourth-order valence-corrected chi connectivity index (χ4v) is 7.25. The zero-order chi connectivity index (χ0) is 55.5. The van der Waals surface area contributed by atoms with E-state index < -0.39 is 116 Å². The van der Waals surface area contributed by atoms with Crippen LogP contribution in [-0.2, 0) is 57.4 Å². The highest BCUT2D eigenvalue weighted by molar-refractivity contribution is 5.95. The minimum atomic E-state index is -1.71. The maximum Gasteiger partial charge on any atom is 0.317 e. The summed E-state index contributed by atoms with van der Waals surface area (Å²) < 4.78 is 10.8. The first-order valence-corrected chi connectivity index (χ1v) is 25.7. The number of hydrogen-bond donors (Lipinski definition) is 13. The largest absolute Gasteiger partial charge is 0.481 e. The monoisotopic (exact) mass is 1060 g/mol. The number of hydrogen-bond acceptors (Lipinski definition) is 16. The molecule has 0 aliphatic carbocycles. The van der Waals surface area contributed by atoms with Crippen LogP contribution in [-0.4, -0.2) is 198 Å². The summed E-state index contributed by atoms with van der Waals surface area (Å²) in [6.07, 6.45) is 14.5. The Bertz CT molecular complexity index is 1660. The van der Waals surface area contributed by atoms with Crippen LogP contribution in [0.4, 0.5) is 0 Å². The number of carbonyl (C=O) groups excluding carboxylic acids is 7. The van der Waals surface area contributed by atoms with Gasteiger partial charge in [-0.25, -0.2) is 0 Å². The van der Waals surface area contributed by atoms with Crippen LogP contribution < -0.4 is 37.6 Å². The number of nitrogens with two attached hydrogens (primary N) is 1. The van der Waals surface area contributed by atoms with Crippen LogP contribution in [0.2, 0.25) is 0 Å². The zero-order valence-corrected chi connectivity index (χ0v) is 43.1. The maximum atomic E-state index is 13.3. The molecule has 0 aromatic rings. The highest BCUT2D eigenvalue weighted by Gasteiger charge is 2.31. The Kier molecular flexibility index (Phi) is 40.5. The Balaban J connectivity index is 4.53. The van der Waals surface area contributed by atoms with E-state index in [1.165, 1.54) is 32.6 Å². The molecule has 7 amide bonds. The molecule has 0 aromatic carbocycles. The molecule has 0 saturated carbocycles. The second kappa shape index (κ2) is 43.8. The molecule has 0 aliphatic rings. The summed E-state index contributed by atoms with van der Waals surface area (Å²) in [7, 11) is 0. The van der Waals surface area contributed by atoms with Crippen LogP contribution in [0.5, 0.6) is 0 Å². The van der Waals surface area contributed by atoms with Gasteiger partial charge in [0.15, 0.2) is 0 Å². The van der Waals surface area contributed by atoms with Gasteiger partial charge in [-0.1, -0.05) is 71.1 Å². The maximum absolute atomic E-state index is 13.3. The molecule has 0 aromatic heterocycles. The second-order valence-corrected chi connectivity index (χ2v) is 18.1. The minimum Gasteiger partial charge on any atom is -0.481 e. The van der Waals surface area contributed by atoms with Crippen LogP contribution in [0.3, 0.4) is 0 Å². The molecule has 0 saturated heterocycles. The lowest BCUT2D eigenvalue weighted by molar-refractivity contribution is -0.142. The van der Waals surface area contributed by atoms with Gasteiger partial charge in [-0.15, -0.1) is 0 Å². The van der Waals surface area contributed by atoms with Crippen LogP contribution in [0.25, 0.3) is 0 Å². The Morgan fingerprint density at radius 1 is 0.459 bits per heavy atom. The van der Waals surface area contributed by atoms with Crippen molar-refractivity contribution in [2.45, 2.75) is 160 Å². The van der Waals surface area contributed by atoms with Gasteiger partial charge < -0.3 is 77.7 Å². The first-order chi connectivity index (χ1) is 35.3. The summed E-state index contributed by atoms with van der Waals surface area (Å²) in [6.45, 7) is -1.28. The summed E-state index contributed by atoms with van der Waals surface area (Å²) in [5.74, 6) is -9.36. The Hall–Kier alpha value is -5.54. The predicted octanol–water partition coefficient (Wildman–Crippen LogP) is -1.35. The van der Waals surface area contributed by atoms with Crippen molar-refractivity contribution in [1.29, 1.82) is 0 Å². The van der Waals surface area contributed by atoms with E-state index in [1.54, 1.807) is 0 Å². The Labute approximate surface area is 433 Å². The Morgan fingerprint density at radius 3 is 1.41 bits per heavy atom. The molecule has 0 unspecified atom stereocenters. The highest BCUT2D eigenvalue weighted by Crippen LogP contribution is 2.13. The average molecular weight is 1060 g/mol. The van der Waals surface area contributed by atoms with Crippen molar-refractivity contribution in [2.24, 2.45) is 11.7 Å². The van der Waals surface area contributed by atoms with Crippen LogP contribution in [0, 0.1) is 5.92 Å². The SMILES string of the molecule is C[C@@H](CO)C(=O)N[C@@H](CCCCN(CC(=O)O)CC(=O)O)C(=O)N[C@@H](CO)C(=O)N[C@@H](CO)C(=O)N[C@@H](CCCCNC(=O)COCCOCCNC(=O)CCCCCCCCCCCCCCC(=O)O)C(N)=O. The third-order valence-corrected chi connectivity index (χ3v) is 11.5. The third kappa shape index (κ3) is 37.2. The number of aliphatic carboxylic acids is 3. The number of unbranched alkanes of at least 4 members (excludes halogenated alkanes) is 13. The first kappa shape index (κ1) is 68.5. The van der Waals surface area contributed by atoms with Gasteiger partial charge in [-0.3, -0.25) is 52.8 Å². The molecule has 74 heavy (non-hydrogen) atoms. The summed E-state index contributed by atoms with van der Waals surface area (Å²) >= 11 is 0. The van der Waals surface area contributed by atoms with Gasteiger partial charge in [0.25, 0.3) is 0 Å². The predicted molar refractivity (Wildman–Crippen MR) is 267 cm³/mol. The molecule has 0 rings (SSSR count). The first-order valence-electron chi connectivity index (χ1n) is 25.7. The molecule has 426 valence electrons. The van der Waals surface area contributed by atoms with Crippen molar-refractivity contribution in [3.05, 3.63) is 0 Å². The number of nitrogens with one attached hydrogen (secondary N) is 6. The molecule has 0 aliphatic heterocycles. The van der Waals surface area contributed by atoms with Crippen molar-refractivity contribution < 1.29 is 88.1 Å². The number of nitrogens with zero attached hydrogens (tertiary/aromatic N) is 1. The fraction of sp³-hybridized carbons (Fsp3) is 0.792. The molecule has 0 heterocycles. The fourth-order valence-electron chi connectivity index (χ4n) is 7.25. The molecule has 0 spiro atoms. The van der Waals surface area contributed by atoms with Crippen LogP contribution >= 0.6 is 0 Å². The average Bonchev–Trinajstić information content (AvgIpc) is 3.34. The summed E-state index contributed by atoms with van der Waals surface area (Å²) in [5.41, 5.74) is 5.48. The minimum absolute atomic E-state index is 0.0168. The van der Waals surface area contributed by atoms with E-state index in [4.69, 9.17) is 30.5 Å². The number of rotatable bonds is 49. The standard InChI is InChI=1S/C48H86N8O18/c1-34(30-57)45(69)53-36(19-15-17-24-56(28-42(64)65)29-43(66)67)46(70)54-38(32-59)48(72)55-37(31-58)47(71)52-35(44(49)68)18-14-16-22-50-40(61)33-74-27-26-73-25-23-51-39(60)20-12-10-8-6-4-2-3-5-7-9-11-13-21-41(62)63/h34-38,57-59H,2-33H2,1H3,(H2,49,68)(H,50,61)(H,51,60)(H,52,71)(H,53,69)(H,54,70)(H,55,72)(H,62,63)(H,64,65)(H,66,67)/t34-,35-,36-,37-,38-/m0/s1. The van der Waals surface area contributed by atoms with Gasteiger partial charge in [0.2, 0.25) is 41.4 Å². The lowest BCUT2D eigenvalue weighted by Crippen LogP contribution is -2.60. The lowest BCUT2D eigenvalue weighted by Gasteiger charge is -2.25.